The Labute approximate surface area is 390 Å². The number of hydrogen-bond donors (Lipinski definition) is 4. The first-order valence-corrected chi connectivity index (χ1v) is 28.6. The van der Waals surface area contributed by atoms with Crippen LogP contribution >= 0.6 is 7.82 Å². The minimum atomic E-state index is -4.36. The van der Waals surface area contributed by atoms with Crippen molar-refractivity contribution in [3.63, 3.8) is 0 Å². The molecule has 0 aromatic heterocycles. The number of unbranched alkanes of at least 4 members (excludes halogenated alkanes) is 35. The smallest absolute Gasteiger partial charge is 0.387 e. The number of nitrogens with two attached hydrogens (primary N) is 1. The summed E-state index contributed by atoms with van der Waals surface area (Å²) in [7, 11) is -4.36. The number of carbonyl (C=O) groups is 1. The van der Waals surface area contributed by atoms with Crippen LogP contribution in [0.3, 0.4) is 0 Å². The van der Waals surface area contributed by atoms with Gasteiger partial charge in [-0.2, -0.15) is 0 Å². The Morgan fingerprint density at radius 3 is 1.22 bits per heavy atom. The lowest BCUT2D eigenvalue weighted by Gasteiger charge is -2.23. The molecule has 0 aliphatic carbocycles. The molecule has 0 bridgehead atoms. The summed E-state index contributed by atoms with van der Waals surface area (Å²) in [4.78, 5) is 22.8. The van der Waals surface area contributed by atoms with Gasteiger partial charge >= 0.3 is 7.82 Å². The zero-order valence-electron chi connectivity index (χ0n) is 41.6. The number of phosphoric ester groups is 1. The molecule has 8 nitrogen and oxygen atoms in total. The van der Waals surface area contributed by atoms with Gasteiger partial charge < -0.3 is 21.1 Å². The Hall–Kier alpha value is -1.28. The maximum Gasteiger partial charge on any atom is 0.472 e. The first kappa shape index (κ1) is 61.7. The topological polar surface area (TPSA) is 131 Å². The maximum absolute atomic E-state index is 12.8. The van der Waals surface area contributed by atoms with Crippen LogP contribution < -0.4 is 11.1 Å². The highest BCUT2D eigenvalue weighted by Gasteiger charge is 2.26. The Morgan fingerprint density at radius 1 is 0.508 bits per heavy atom. The molecule has 0 saturated carbocycles. The van der Waals surface area contributed by atoms with Crippen LogP contribution in [0.2, 0.25) is 0 Å². The van der Waals surface area contributed by atoms with E-state index in [1.165, 1.54) is 205 Å². The van der Waals surface area contributed by atoms with Crippen LogP contribution in [-0.4, -0.2) is 47.8 Å². The minimum Gasteiger partial charge on any atom is -0.387 e. The molecule has 1 amide bonds. The molecule has 0 aromatic carbocycles. The van der Waals surface area contributed by atoms with Gasteiger partial charge in [-0.25, -0.2) is 4.57 Å². The Morgan fingerprint density at radius 2 is 0.841 bits per heavy atom. The molecule has 0 heterocycles. The van der Waals surface area contributed by atoms with Crippen LogP contribution in [0, 0.1) is 0 Å². The molecular weight excluding hydrogens is 804 g/mol. The van der Waals surface area contributed by atoms with Gasteiger partial charge in [-0.15, -0.1) is 0 Å². The number of rotatable bonds is 51. The Kier molecular flexibility index (Phi) is 49.1. The first-order chi connectivity index (χ1) is 30.9. The molecule has 5 N–H and O–H groups in total. The van der Waals surface area contributed by atoms with E-state index >= 15 is 0 Å². The number of allylic oxidation sites excluding steroid dienone is 5. The van der Waals surface area contributed by atoms with Crippen LogP contribution in [0.5, 0.6) is 0 Å². The second-order valence-electron chi connectivity index (χ2n) is 18.4. The van der Waals surface area contributed by atoms with Crippen LogP contribution in [0.1, 0.15) is 271 Å². The van der Waals surface area contributed by atoms with Gasteiger partial charge in [-0.3, -0.25) is 13.8 Å². The molecule has 63 heavy (non-hydrogen) atoms. The van der Waals surface area contributed by atoms with E-state index in [4.69, 9.17) is 14.8 Å². The second kappa shape index (κ2) is 50.1. The monoisotopic (exact) mass is 909 g/mol. The van der Waals surface area contributed by atoms with Crippen LogP contribution in [0.15, 0.2) is 36.5 Å². The number of nitrogens with one attached hydrogen (secondary N) is 1. The number of aliphatic hydroxyl groups excluding tert-OH is 1. The zero-order valence-corrected chi connectivity index (χ0v) is 42.5. The Bertz CT molecular complexity index is 1080. The molecule has 372 valence electrons. The number of hydrogen-bond acceptors (Lipinski definition) is 6. The summed E-state index contributed by atoms with van der Waals surface area (Å²) < 4.78 is 22.2. The number of carbonyl (C=O) groups excluding carboxylic acids is 1. The van der Waals surface area contributed by atoms with Crippen molar-refractivity contribution in [3.8, 4) is 0 Å². The third-order valence-corrected chi connectivity index (χ3v) is 13.2. The van der Waals surface area contributed by atoms with Gasteiger partial charge in [0, 0.05) is 13.0 Å². The van der Waals surface area contributed by atoms with Crippen LogP contribution in [0.4, 0.5) is 0 Å². The molecule has 3 unspecified atom stereocenters. The molecule has 0 aliphatic rings. The fraction of sp³-hybridized carbons (Fsp3) is 0.870. The van der Waals surface area contributed by atoms with Crippen molar-refractivity contribution in [1.29, 1.82) is 0 Å². The molecule has 0 aliphatic heterocycles. The molecular formula is C54H105N2O6P. The molecule has 9 heteroatoms. The van der Waals surface area contributed by atoms with Gasteiger partial charge in [0.1, 0.15) is 0 Å². The van der Waals surface area contributed by atoms with Gasteiger partial charge in [-0.05, 0) is 44.9 Å². The van der Waals surface area contributed by atoms with Crippen molar-refractivity contribution < 1.29 is 28.4 Å². The normalized spacial score (nSPS) is 14.0. The van der Waals surface area contributed by atoms with Crippen LogP contribution in [0.25, 0.3) is 0 Å². The predicted octanol–water partition coefficient (Wildman–Crippen LogP) is 16.2. The van der Waals surface area contributed by atoms with E-state index in [0.717, 1.165) is 44.9 Å². The summed E-state index contributed by atoms with van der Waals surface area (Å²) in [6.45, 7) is 4.15. The zero-order chi connectivity index (χ0) is 46.0. The van der Waals surface area contributed by atoms with Gasteiger partial charge in [0.15, 0.2) is 0 Å². The van der Waals surface area contributed by atoms with Crippen molar-refractivity contribution in [2.45, 2.75) is 283 Å². The average Bonchev–Trinajstić information content (AvgIpc) is 3.27. The van der Waals surface area contributed by atoms with E-state index in [9.17, 15) is 19.4 Å². The number of aliphatic hydroxyl groups is 1. The van der Waals surface area contributed by atoms with Crippen molar-refractivity contribution in [1.82, 2.24) is 5.32 Å². The standard InChI is InChI=1S/C54H105N2O6P/c1-3-5-7-9-11-13-15-17-19-21-23-25-26-28-30-32-34-36-38-40-42-44-46-48-54(58)56-52(51-62-63(59,60)61-50-49-55)53(57)47-45-43-41-39-37-35-33-31-29-27-24-22-20-18-16-14-12-10-8-6-4-2/h29,31,37,39,45,47,52-53,57H,3-28,30,32-36,38,40-44,46,48-51,55H2,1-2H3,(H,56,58)(H,59,60)/b31-29+,39-37+,47-45+. The molecule has 0 saturated heterocycles. The summed E-state index contributed by atoms with van der Waals surface area (Å²) in [6, 6.07) is -0.882. The van der Waals surface area contributed by atoms with E-state index in [1.807, 2.05) is 6.08 Å². The van der Waals surface area contributed by atoms with Crippen LogP contribution in [-0.2, 0) is 18.4 Å². The summed E-state index contributed by atoms with van der Waals surface area (Å²) in [5.74, 6) is -0.203. The molecule has 0 fully saturated rings. The quantitative estimate of drug-likeness (QED) is 0.0272. The third-order valence-electron chi connectivity index (χ3n) is 12.2. The van der Waals surface area contributed by atoms with Gasteiger partial charge in [0.05, 0.1) is 25.4 Å². The molecule has 0 spiro atoms. The highest BCUT2D eigenvalue weighted by molar-refractivity contribution is 7.47. The summed E-state index contributed by atoms with van der Waals surface area (Å²) in [5.41, 5.74) is 5.40. The number of phosphoric acid groups is 1. The SMILES string of the molecule is CCCCCCCCCCCCC/C=C/CC/C=C/CC/C=C/C(O)C(COP(=O)(O)OCCN)NC(=O)CCCCCCCCCCCCCCCCCCCCCCCCC. The fourth-order valence-electron chi connectivity index (χ4n) is 8.11. The van der Waals surface area contributed by atoms with E-state index in [0.29, 0.717) is 6.42 Å². The molecule has 0 radical (unpaired) electrons. The summed E-state index contributed by atoms with van der Waals surface area (Å²) in [6.07, 6.45) is 62.2. The second-order valence-corrected chi connectivity index (χ2v) is 19.9. The molecule has 0 aromatic rings. The summed E-state index contributed by atoms with van der Waals surface area (Å²) in [5, 5.41) is 13.7. The predicted molar refractivity (Wildman–Crippen MR) is 272 cm³/mol. The van der Waals surface area contributed by atoms with Gasteiger partial charge in [-0.1, -0.05) is 256 Å². The third kappa shape index (κ3) is 48.5. The first-order valence-electron chi connectivity index (χ1n) is 27.1. The fourth-order valence-corrected chi connectivity index (χ4v) is 8.87. The maximum atomic E-state index is 12.8. The van der Waals surface area contributed by atoms with Crippen molar-refractivity contribution >= 4 is 13.7 Å². The van der Waals surface area contributed by atoms with Crippen molar-refractivity contribution in [2.24, 2.45) is 5.73 Å². The number of amides is 1. The van der Waals surface area contributed by atoms with Crippen molar-refractivity contribution in [2.75, 3.05) is 19.8 Å². The minimum absolute atomic E-state index is 0.0730. The van der Waals surface area contributed by atoms with Gasteiger partial charge in [0.25, 0.3) is 0 Å². The van der Waals surface area contributed by atoms with E-state index in [2.05, 4.69) is 43.5 Å². The lowest BCUT2D eigenvalue weighted by atomic mass is 10.0. The molecule has 3 atom stereocenters. The lowest BCUT2D eigenvalue weighted by molar-refractivity contribution is -0.123. The van der Waals surface area contributed by atoms with Crippen molar-refractivity contribution in [3.05, 3.63) is 36.5 Å². The highest BCUT2D eigenvalue weighted by atomic mass is 31.2. The molecule has 0 rings (SSSR count). The highest BCUT2D eigenvalue weighted by Crippen LogP contribution is 2.43. The van der Waals surface area contributed by atoms with E-state index in [-0.39, 0.29) is 25.7 Å². The van der Waals surface area contributed by atoms with E-state index < -0.39 is 20.0 Å². The van der Waals surface area contributed by atoms with E-state index in [1.54, 1.807) is 6.08 Å². The average molecular weight is 909 g/mol. The van der Waals surface area contributed by atoms with Gasteiger partial charge in [0.2, 0.25) is 5.91 Å². The lowest BCUT2D eigenvalue weighted by Crippen LogP contribution is -2.45. The largest absolute Gasteiger partial charge is 0.472 e. The Balaban J connectivity index is 4.10. The summed E-state index contributed by atoms with van der Waals surface area (Å²) >= 11 is 0.